The van der Waals surface area contributed by atoms with Crippen molar-refractivity contribution in [1.29, 1.82) is 0 Å². The summed E-state index contributed by atoms with van der Waals surface area (Å²) in [5.74, 6) is -2.83. The van der Waals surface area contributed by atoms with Gasteiger partial charge in [-0.25, -0.2) is 9.59 Å². The number of primary amides is 1. The molecule has 3 N–H and O–H groups in total. The van der Waals surface area contributed by atoms with Gasteiger partial charge in [0.15, 0.2) is 6.10 Å². The number of hydrogen-bond donors (Lipinski definition) is 2. The number of nitrogens with two attached hydrogens (primary N) is 1. The Morgan fingerprint density at radius 3 is 2.08 bits per heavy atom. The van der Waals surface area contributed by atoms with E-state index < -0.39 is 42.0 Å². The number of carbonyl (C=O) groups excluding carboxylic acids is 3. The Hall–Kier alpha value is -2.78. The van der Waals surface area contributed by atoms with Crippen LogP contribution < -0.4 is 15.8 Å². The van der Waals surface area contributed by atoms with Crippen LogP contribution in [0.3, 0.4) is 0 Å². The number of rotatable bonds is 5. The van der Waals surface area contributed by atoms with E-state index in [1.165, 1.54) is 0 Å². The molecule has 0 aromatic heterocycles. The SMILES string of the molecule is CC(C)[C@H](OC(=O)c1ccc(OC(F)(F)F)cc1)C(=O)NC(N)=O. The zero-order valence-electron chi connectivity index (χ0n) is 12.7. The fourth-order valence-corrected chi connectivity index (χ4v) is 1.66. The van der Waals surface area contributed by atoms with Crippen LogP contribution >= 0.6 is 0 Å². The third kappa shape index (κ3) is 6.15. The van der Waals surface area contributed by atoms with Crippen molar-refractivity contribution < 1.29 is 37.0 Å². The second-order valence-electron chi connectivity index (χ2n) is 5.00. The third-order valence-corrected chi connectivity index (χ3v) is 2.67. The normalized spacial score (nSPS) is 12.4. The molecular formula is C14H15F3N2O5. The second-order valence-corrected chi connectivity index (χ2v) is 5.00. The number of urea groups is 1. The highest BCUT2D eigenvalue weighted by atomic mass is 19.4. The number of carbonyl (C=O) groups is 3. The van der Waals surface area contributed by atoms with Gasteiger partial charge in [-0.05, 0) is 30.2 Å². The number of imide groups is 1. The summed E-state index contributed by atoms with van der Waals surface area (Å²) in [6.45, 7) is 3.14. The summed E-state index contributed by atoms with van der Waals surface area (Å²) in [5.41, 5.74) is 4.73. The molecule has 0 bridgehead atoms. The third-order valence-electron chi connectivity index (χ3n) is 2.67. The summed E-state index contributed by atoms with van der Waals surface area (Å²) < 4.78 is 44.8. The fraction of sp³-hybridized carbons (Fsp3) is 0.357. The molecule has 0 aliphatic heterocycles. The van der Waals surface area contributed by atoms with E-state index in [9.17, 15) is 27.6 Å². The number of hydrogen-bond acceptors (Lipinski definition) is 5. The molecular weight excluding hydrogens is 333 g/mol. The van der Waals surface area contributed by atoms with Gasteiger partial charge in [-0.2, -0.15) is 0 Å². The van der Waals surface area contributed by atoms with Crippen molar-refractivity contribution in [2.24, 2.45) is 11.7 Å². The number of halogens is 3. The van der Waals surface area contributed by atoms with Crippen LogP contribution in [0, 0.1) is 5.92 Å². The van der Waals surface area contributed by atoms with Gasteiger partial charge >= 0.3 is 18.4 Å². The highest BCUT2D eigenvalue weighted by molar-refractivity contribution is 5.98. The van der Waals surface area contributed by atoms with Gasteiger partial charge in [0.05, 0.1) is 5.56 Å². The summed E-state index contributed by atoms with van der Waals surface area (Å²) in [6.07, 6.45) is -6.14. The maximum Gasteiger partial charge on any atom is 0.573 e. The maximum absolute atomic E-state index is 12.1. The lowest BCUT2D eigenvalue weighted by Crippen LogP contribution is -2.45. The maximum atomic E-state index is 12.1. The Balaban J connectivity index is 2.81. The Labute approximate surface area is 134 Å². The topological polar surface area (TPSA) is 108 Å². The molecule has 0 aliphatic carbocycles. The van der Waals surface area contributed by atoms with Crippen molar-refractivity contribution in [3.63, 3.8) is 0 Å². The molecule has 0 spiro atoms. The molecule has 0 fully saturated rings. The quantitative estimate of drug-likeness (QED) is 0.791. The number of alkyl halides is 3. The van der Waals surface area contributed by atoms with Crippen molar-refractivity contribution in [3.8, 4) is 5.75 Å². The number of benzene rings is 1. The molecule has 1 aromatic rings. The van der Waals surface area contributed by atoms with E-state index in [1.54, 1.807) is 19.2 Å². The molecule has 3 amide bonds. The van der Waals surface area contributed by atoms with Gasteiger partial charge in [0.1, 0.15) is 5.75 Å². The number of nitrogens with one attached hydrogen (secondary N) is 1. The van der Waals surface area contributed by atoms with Crippen molar-refractivity contribution >= 4 is 17.9 Å². The molecule has 0 radical (unpaired) electrons. The molecule has 0 saturated heterocycles. The highest BCUT2D eigenvalue weighted by Crippen LogP contribution is 2.23. The van der Waals surface area contributed by atoms with E-state index in [-0.39, 0.29) is 5.56 Å². The summed E-state index contributed by atoms with van der Waals surface area (Å²) in [7, 11) is 0. The monoisotopic (exact) mass is 348 g/mol. The first-order valence-electron chi connectivity index (χ1n) is 6.66. The minimum absolute atomic E-state index is 0.0953. The van der Waals surface area contributed by atoms with Gasteiger partial charge in [0, 0.05) is 0 Å². The zero-order chi connectivity index (χ0) is 18.5. The molecule has 24 heavy (non-hydrogen) atoms. The minimum atomic E-state index is -4.85. The molecule has 0 heterocycles. The van der Waals surface area contributed by atoms with Gasteiger partial charge in [0.25, 0.3) is 5.91 Å². The van der Waals surface area contributed by atoms with Crippen LogP contribution in [-0.2, 0) is 9.53 Å². The molecule has 10 heteroatoms. The van der Waals surface area contributed by atoms with Crippen LogP contribution in [-0.4, -0.2) is 30.4 Å². The molecule has 1 aromatic carbocycles. The molecule has 0 unspecified atom stereocenters. The van der Waals surface area contributed by atoms with E-state index in [0.29, 0.717) is 0 Å². The van der Waals surface area contributed by atoms with E-state index in [2.05, 4.69) is 4.74 Å². The van der Waals surface area contributed by atoms with E-state index in [0.717, 1.165) is 24.3 Å². The van der Waals surface area contributed by atoms with Gasteiger partial charge in [-0.1, -0.05) is 13.8 Å². The number of esters is 1. The first kappa shape index (κ1) is 19.3. The van der Waals surface area contributed by atoms with Gasteiger partial charge < -0.3 is 15.2 Å². The van der Waals surface area contributed by atoms with Crippen LogP contribution in [0.5, 0.6) is 5.75 Å². The summed E-state index contributed by atoms with van der Waals surface area (Å²) in [5, 5.41) is 1.79. The molecule has 132 valence electrons. The van der Waals surface area contributed by atoms with Crippen LogP contribution in [0.4, 0.5) is 18.0 Å². The largest absolute Gasteiger partial charge is 0.573 e. The molecule has 1 rings (SSSR count). The Morgan fingerprint density at radius 1 is 1.12 bits per heavy atom. The summed E-state index contributed by atoms with van der Waals surface area (Å²) in [4.78, 5) is 34.4. The van der Waals surface area contributed by atoms with E-state index in [1.807, 2.05) is 0 Å². The number of ether oxygens (including phenoxy) is 2. The second kappa shape index (κ2) is 7.66. The minimum Gasteiger partial charge on any atom is -0.448 e. The Kier molecular flexibility index (Phi) is 6.15. The van der Waals surface area contributed by atoms with E-state index >= 15 is 0 Å². The van der Waals surface area contributed by atoms with Crippen LogP contribution in [0.1, 0.15) is 24.2 Å². The van der Waals surface area contributed by atoms with Crippen LogP contribution in [0.2, 0.25) is 0 Å². The summed E-state index contributed by atoms with van der Waals surface area (Å²) in [6, 6.07) is 2.85. The lowest BCUT2D eigenvalue weighted by molar-refractivity contribution is -0.274. The van der Waals surface area contributed by atoms with Gasteiger partial charge in [-0.3, -0.25) is 10.1 Å². The predicted molar refractivity (Wildman–Crippen MR) is 74.9 cm³/mol. The lowest BCUT2D eigenvalue weighted by Gasteiger charge is -2.19. The van der Waals surface area contributed by atoms with Crippen molar-refractivity contribution in [3.05, 3.63) is 29.8 Å². The zero-order valence-corrected chi connectivity index (χ0v) is 12.7. The lowest BCUT2D eigenvalue weighted by atomic mass is 10.1. The Morgan fingerprint density at radius 2 is 1.67 bits per heavy atom. The molecule has 7 nitrogen and oxygen atoms in total. The average molecular weight is 348 g/mol. The van der Waals surface area contributed by atoms with Gasteiger partial charge in [-0.15, -0.1) is 13.2 Å². The molecule has 0 aliphatic rings. The first-order chi connectivity index (χ1) is 11.0. The fourth-order valence-electron chi connectivity index (χ4n) is 1.66. The smallest absolute Gasteiger partial charge is 0.448 e. The average Bonchev–Trinajstić information content (AvgIpc) is 2.42. The first-order valence-corrected chi connectivity index (χ1v) is 6.66. The van der Waals surface area contributed by atoms with E-state index in [4.69, 9.17) is 10.5 Å². The van der Waals surface area contributed by atoms with Crippen molar-refractivity contribution in [2.75, 3.05) is 0 Å². The molecule has 0 saturated carbocycles. The highest BCUT2D eigenvalue weighted by Gasteiger charge is 2.31. The summed E-state index contributed by atoms with van der Waals surface area (Å²) >= 11 is 0. The van der Waals surface area contributed by atoms with Gasteiger partial charge in [0.2, 0.25) is 0 Å². The van der Waals surface area contributed by atoms with Crippen LogP contribution in [0.25, 0.3) is 0 Å². The Bertz CT molecular complexity index is 614. The number of amides is 3. The standard InChI is InChI=1S/C14H15F3N2O5/c1-7(2)10(11(20)19-13(18)22)23-12(21)8-3-5-9(6-4-8)24-14(15,16)17/h3-7,10H,1-2H3,(H3,18,19,20,22)/t10-/m0/s1. The van der Waals surface area contributed by atoms with Crippen LogP contribution in [0.15, 0.2) is 24.3 Å². The van der Waals surface area contributed by atoms with Crippen molar-refractivity contribution in [1.82, 2.24) is 5.32 Å². The van der Waals surface area contributed by atoms with Crippen molar-refractivity contribution in [2.45, 2.75) is 26.3 Å². The molecule has 1 atom stereocenters. The predicted octanol–water partition coefficient (Wildman–Crippen LogP) is 1.96.